The Kier molecular flexibility index (Phi) is 4.37. The fourth-order valence-electron chi connectivity index (χ4n) is 1.62. The average molecular weight is 419 g/mol. The van der Waals surface area contributed by atoms with Crippen LogP contribution in [0.2, 0.25) is 0 Å². The number of carboxylic acid groups (broad SMARTS) is 1. The summed E-state index contributed by atoms with van der Waals surface area (Å²) < 4.78 is 27.5. The number of hydrogen-bond donors (Lipinski definition) is 3. The lowest BCUT2D eigenvalue weighted by molar-refractivity contribution is 0.0697. The lowest BCUT2D eigenvalue weighted by atomic mass is 10.2. The SMILES string of the molecule is O=C(O)c1cc(O)ccc1NS(=O)(=O)c1ccc(I)cc1. The van der Waals surface area contributed by atoms with Crippen LogP contribution in [0.5, 0.6) is 5.75 Å². The van der Waals surface area contributed by atoms with E-state index >= 15 is 0 Å². The van der Waals surface area contributed by atoms with Crippen molar-refractivity contribution in [1.29, 1.82) is 0 Å². The molecule has 0 aromatic heterocycles. The van der Waals surface area contributed by atoms with Crippen molar-refractivity contribution in [3.05, 3.63) is 51.6 Å². The maximum atomic E-state index is 12.2. The van der Waals surface area contributed by atoms with E-state index in [1.165, 1.54) is 24.3 Å². The number of anilines is 1. The highest BCUT2D eigenvalue weighted by atomic mass is 127. The van der Waals surface area contributed by atoms with Crippen LogP contribution in [0.4, 0.5) is 5.69 Å². The molecule has 0 fully saturated rings. The summed E-state index contributed by atoms with van der Waals surface area (Å²) in [5.74, 6) is -1.60. The maximum absolute atomic E-state index is 12.2. The second kappa shape index (κ2) is 5.90. The molecule has 8 heteroatoms. The Bertz CT molecular complexity index is 787. The van der Waals surface area contributed by atoms with E-state index in [4.69, 9.17) is 5.11 Å². The molecule has 0 unspecified atom stereocenters. The predicted molar refractivity (Wildman–Crippen MR) is 85.0 cm³/mol. The van der Waals surface area contributed by atoms with Gasteiger partial charge in [0.05, 0.1) is 16.1 Å². The van der Waals surface area contributed by atoms with Crippen LogP contribution in [-0.4, -0.2) is 24.6 Å². The maximum Gasteiger partial charge on any atom is 0.337 e. The zero-order valence-electron chi connectivity index (χ0n) is 10.4. The molecule has 0 saturated carbocycles. The van der Waals surface area contributed by atoms with E-state index in [-0.39, 0.29) is 21.9 Å². The molecule has 3 N–H and O–H groups in total. The van der Waals surface area contributed by atoms with E-state index in [0.717, 1.165) is 9.64 Å². The number of aromatic carboxylic acids is 1. The molecule has 0 bridgehead atoms. The number of phenols is 1. The second-order valence-corrected chi connectivity index (χ2v) is 7.02. The van der Waals surface area contributed by atoms with Gasteiger partial charge in [-0.05, 0) is 65.1 Å². The van der Waals surface area contributed by atoms with Crippen LogP contribution in [0.15, 0.2) is 47.4 Å². The van der Waals surface area contributed by atoms with Crippen molar-refractivity contribution in [3.63, 3.8) is 0 Å². The van der Waals surface area contributed by atoms with E-state index in [2.05, 4.69) is 4.72 Å². The average Bonchev–Trinajstić information content (AvgIpc) is 2.41. The van der Waals surface area contributed by atoms with E-state index in [9.17, 15) is 18.3 Å². The number of aromatic hydroxyl groups is 1. The number of hydrogen-bond acceptors (Lipinski definition) is 4. The Morgan fingerprint density at radius 3 is 2.29 bits per heavy atom. The lowest BCUT2D eigenvalue weighted by Gasteiger charge is -2.11. The van der Waals surface area contributed by atoms with Gasteiger partial charge in [-0.3, -0.25) is 4.72 Å². The smallest absolute Gasteiger partial charge is 0.337 e. The first-order valence-corrected chi connectivity index (χ1v) is 8.20. The summed E-state index contributed by atoms with van der Waals surface area (Å²) in [6.07, 6.45) is 0. The molecule has 21 heavy (non-hydrogen) atoms. The van der Waals surface area contributed by atoms with Gasteiger partial charge < -0.3 is 10.2 Å². The fourth-order valence-corrected chi connectivity index (χ4v) is 3.05. The molecule has 0 aliphatic rings. The van der Waals surface area contributed by atoms with E-state index in [1.54, 1.807) is 12.1 Å². The zero-order valence-corrected chi connectivity index (χ0v) is 13.4. The minimum absolute atomic E-state index is 0.0207. The summed E-state index contributed by atoms with van der Waals surface area (Å²) in [5.41, 5.74) is -0.442. The molecular weight excluding hydrogens is 409 g/mol. The number of nitrogens with one attached hydrogen (secondary N) is 1. The Morgan fingerprint density at radius 2 is 1.71 bits per heavy atom. The van der Waals surface area contributed by atoms with Crippen molar-refractivity contribution in [2.45, 2.75) is 4.90 Å². The van der Waals surface area contributed by atoms with Gasteiger partial charge in [-0.15, -0.1) is 0 Å². The molecule has 0 aliphatic carbocycles. The molecular formula is C13H10INO5S. The highest BCUT2D eigenvalue weighted by molar-refractivity contribution is 14.1. The van der Waals surface area contributed by atoms with Crippen molar-refractivity contribution in [3.8, 4) is 5.75 Å². The van der Waals surface area contributed by atoms with Crippen molar-refractivity contribution in [2.24, 2.45) is 0 Å². The molecule has 0 radical (unpaired) electrons. The Labute approximate surface area is 134 Å². The number of rotatable bonds is 4. The number of carbonyl (C=O) groups is 1. The van der Waals surface area contributed by atoms with Gasteiger partial charge in [0.1, 0.15) is 5.75 Å². The third kappa shape index (κ3) is 3.64. The van der Waals surface area contributed by atoms with Gasteiger partial charge >= 0.3 is 5.97 Å². The summed E-state index contributed by atoms with van der Waals surface area (Å²) in [6, 6.07) is 9.49. The van der Waals surface area contributed by atoms with Gasteiger partial charge in [0.2, 0.25) is 0 Å². The molecule has 2 aromatic rings. The number of benzene rings is 2. The molecule has 2 rings (SSSR count). The van der Waals surface area contributed by atoms with Gasteiger partial charge in [-0.2, -0.15) is 0 Å². The molecule has 2 aromatic carbocycles. The van der Waals surface area contributed by atoms with Crippen LogP contribution >= 0.6 is 22.6 Å². The first-order chi connectivity index (χ1) is 9.79. The van der Waals surface area contributed by atoms with E-state index in [1.807, 2.05) is 22.6 Å². The van der Waals surface area contributed by atoms with E-state index < -0.39 is 16.0 Å². The van der Waals surface area contributed by atoms with Gasteiger partial charge in [0.15, 0.2) is 0 Å². The molecule has 0 heterocycles. The summed E-state index contributed by atoms with van der Waals surface area (Å²) in [6.45, 7) is 0. The molecule has 110 valence electrons. The molecule has 0 spiro atoms. The summed E-state index contributed by atoms with van der Waals surface area (Å²) >= 11 is 2.05. The fraction of sp³-hybridized carbons (Fsp3) is 0. The molecule has 0 saturated heterocycles. The predicted octanol–water partition coefficient (Wildman–Crippen LogP) is 2.50. The largest absolute Gasteiger partial charge is 0.508 e. The Hall–Kier alpha value is -1.81. The highest BCUT2D eigenvalue weighted by Crippen LogP contribution is 2.24. The van der Waals surface area contributed by atoms with Crippen molar-refractivity contribution in [2.75, 3.05) is 4.72 Å². The van der Waals surface area contributed by atoms with Crippen LogP contribution < -0.4 is 4.72 Å². The molecule has 0 atom stereocenters. The number of sulfonamides is 1. The van der Waals surface area contributed by atoms with Crippen LogP contribution in [0, 0.1) is 3.57 Å². The topological polar surface area (TPSA) is 104 Å². The van der Waals surface area contributed by atoms with Gasteiger partial charge in [0, 0.05) is 3.57 Å². The van der Waals surface area contributed by atoms with Crippen LogP contribution in [0.3, 0.4) is 0 Å². The number of phenolic OH excluding ortho intramolecular Hbond substituents is 1. The summed E-state index contributed by atoms with van der Waals surface area (Å²) in [7, 11) is -3.90. The van der Waals surface area contributed by atoms with Gasteiger partial charge in [0.25, 0.3) is 10.0 Å². The first-order valence-electron chi connectivity index (χ1n) is 5.64. The van der Waals surface area contributed by atoms with Crippen LogP contribution in [-0.2, 0) is 10.0 Å². The molecule has 0 amide bonds. The van der Waals surface area contributed by atoms with Crippen LogP contribution in [0.1, 0.15) is 10.4 Å². The van der Waals surface area contributed by atoms with Crippen molar-refractivity contribution in [1.82, 2.24) is 0 Å². The third-order valence-electron chi connectivity index (χ3n) is 2.60. The third-order valence-corrected chi connectivity index (χ3v) is 4.70. The summed E-state index contributed by atoms with van der Waals surface area (Å²) in [4.78, 5) is 11.1. The van der Waals surface area contributed by atoms with Crippen molar-refractivity contribution >= 4 is 44.3 Å². The van der Waals surface area contributed by atoms with Gasteiger partial charge in [-0.25, -0.2) is 13.2 Å². The first kappa shape index (κ1) is 15.6. The summed E-state index contributed by atoms with van der Waals surface area (Å²) in [5, 5.41) is 18.3. The molecule has 0 aliphatic heterocycles. The van der Waals surface area contributed by atoms with Gasteiger partial charge in [-0.1, -0.05) is 0 Å². The van der Waals surface area contributed by atoms with Crippen LogP contribution in [0.25, 0.3) is 0 Å². The minimum atomic E-state index is -3.90. The number of halogens is 1. The highest BCUT2D eigenvalue weighted by Gasteiger charge is 2.18. The zero-order chi connectivity index (χ0) is 15.6. The Morgan fingerprint density at radius 1 is 1.10 bits per heavy atom. The normalized spacial score (nSPS) is 11.1. The minimum Gasteiger partial charge on any atom is -0.508 e. The lowest BCUT2D eigenvalue weighted by Crippen LogP contribution is -2.15. The standard InChI is InChI=1S/C13H10INO5S/c14-8-1-4-10(5-2-8)21(19,20)15-12-6-3-9(16)7-11(12)13(17)18/h1-7,15-16H,(H,17,18). The Balaban J connectivity index is 2.41. The van der Waals surface area contributed by atoms with Crippen molar-refractivity contribution < 1.29 is 23.4 Å². The van der Waals surface area contributed by atoms with E-state index in [0.29, 0.717) is 0 Å². The second-order valence-electron chi connectivity index (χ2n) is 4.09. The molecule has 6 nitrogen and oxygen atoms in total. The number of carboxylic acids is 1. The monoisotopic (exact) mass is 419 g/mol. The quantitative estimate of drug-likeness (QED) is 0.522.